The molecule has 0 unspecified atom stereocenters. The summed E-state index contributed by atoms with van der Waals surface area (Å²) >= 11 is 5.86. The third kappa shape index (κ3) is 7.19. The van der Waals surface area contributed by atoms with Crippen molar-refractivity contribution in [2.24, 2.45) is 0 Å². The number of amides is 2. The average molecular weight is 510 g/mol. The van der Waals surface area contributed by atoms with Gasteiger partial charge in [-0.25, -0.2) is 8.42 Å². The Balaban J connectivity index is 2.29. The summed E-state index contributed by atoms with van der Waals surface area (Å²) in [7, 11) is -1.06. The number of carbonyl (C=O) groups excluding carboxylic acids is 2. The molecule has 0 aliphatic carbocycles. The third-order valence-electron chi connectivity index (χ3n) is 5.54. The molecule has 2 rings (SSSR count). The second-order valence-corrected chi connectivity index (χ2v) is 10.6. The van der Waals surface area contributed by atoms with Crippen LogP contribution in [0, 0.1) is 0 Å². The van der Waals surface area contributed by atoms with E-state index in [1.807, 2.05) is 19.9 Å². The second kappa shape index (κ2) is 12.2. The van der Waals surface area contributed by atoms with Crippen LogP contribution >= 0.6 is 11.6 Å². The largest absolute Gasteiger partial charge is 0.497 e. The number of nitrogens with one attached hydrogen (secondary N) is 1. The summed E-state index contributed by atoms with van der Waals surface area (Å²) in [6.45, 7) is 5.13. The monoisotopic (exact) mass is 509 g/mol. The number of likely N-dealkylation sites (N-methyl/N-ethyl adjacent to an activating group) is 1. The van der Waals surface area contributed by atoms with E-state index in [9.17, 15) is 18.0 Å². The zero-order valence-corrected chi connectivity index (χ0v) is 21.7. The maximum absolute atomic E-state index is 13.3. The molecular weight excluding hydrogens is 478 g/mol. The molecule has 0 fully saturated rings. The molecule has 186 valence electrons. The van der Waals surface area contributed by atoms with Crippen molar-refractivity contribution in [3.63, 3.8) is 0 Å². The normalized spacial score (nSPS) is 13.3. The minimum absolute atomic E-state index is 0.0223. The van der Waals surface area contributed by atoms with Gasteiger partial charge in [0.2, 0.25) is 21.8 Å². The molecule has 0 heterocycles. The zero-order chi connectivity index (χ0) is 25.5. The van der Waals surface area contributed by atoms with Gasteiger partial charge in [0.1, 0.15) is 11.8 Å². The van der Waals surface area contributed by atoms with Gasteiger partial charge >= 0.3 is 0 Å². The predicted octanol–water partition coefficient (Wildman–Crippen LogP) is 3.30. The van der Waals surface area contributed by atoms with Crippen LogP contribution in [0.5, 0.6) is 5.75 Å². The van der Waals surface area contributed by atoms with Gasteiger partial charge in [0.15, 0.2) is 0 Å². The first-order chi connectivity index (χ1) is 16.0. The number of rotatable bonds is 11. The van der Waals surface area contributed by atoms with Crippen molar-refractivity contribution < 1.29 is 22.7 Å². The summed E-state index contributed by atoms with van der Waals surface area (Å²) in [5, 5.41) is 3.29. The van der Waals surface area contributed by atoms with E-state index in [1.54, 1.807) is 32.2 Å². The van der Waals surface area contributed by atoms with Crippen LogP contribution in [0.2, 0.25) is 5.02 Å². The van der Waals surface area contributed by atoms with Crippen LogP contribution < -0.4 is 10.1 Å². The molecule has 0 spiro atoms. The number of benzene rings is 2. The summed E-state index contributed by atoms with van der Waals surface area (Å²) in [6, 6.07) is 12.0. The Morgan fingerprint density at radius 2 is 1.76 bits per heavy atom. The molecule has 2 aromatic carbocycles. The van der Waals surface area contributed by atoms with Gasteiger partial charge < -0.3 is 15.0 Å². The maximum Gasteiger partial charge on any atom is 0.243 e. The van der Waals surface area contributed by atoms with E-state index < -0.39 is 28.5 Å². The summed E-state index contributed by atoms with van der Waals surface area (Å²) in [5.41, 5.74) is 0.749. The Morgan fingerprint density at radius 1 is 1.12 bits per heavy atom. The van der Waals surface area contributed by atoms with E-state index in [0.717, 1.165) is 16.3 Å². The number of nitrogens with zero attached hydrogens (tertiary/aromatic N) is 2. The summed E-state index contributed by atoms with van der Waals surface area (Å²) in [4.78, 5) is 27.6. The Morgan fingerprint density at radius 3 is 2.35 bits per heavy atom. The highest BCUT2D eigenvalue weighted by molar-refractivity contribution is 7.89. The van der Waals surface area contributed by atoms with Crippen LogP contribution in [0.4, 0.5) is 0 Å². The van der Waals surface area contributed by atoms with E-state index >= 15 is 0 Å². The summed E-state index contributed by atoms with van der Waals surface area (Å²) < 4.78 is 32.1. The quantitative estimate of drug-likeness (QED) is 0.501. The first-order valence-electron chi connectivity index (χ1n) is 10.9. The van der Waals surface area contributed by atoms with E-state index in [4.69, 9.17) is 16.3 Å². The fraction of sp³-hybridized carbons (Fsp3) is 0.417. The van der Waals surface area contributed by atoms with E-state index in [0.29, 0.717) is 10.8 Å². The number of sulfonamides is 1. The van der Waals surface area contributed by atoms with Gasteiger partial charge in [0, 0.05) is 24.7 Å². The van der Waals surface area contributed by atoms with Crippen LogP contribution in [0.25, 0.3) is 0 Å². The van der Waals surface area contributed by atoms with Crippen LogP contribution in [-0.2, 0) is 26.2 Å². The number of hydrogen-bond donors (Lipinski definition) is 1. The summed E-state index contributed by atoms with van der Waals surface area (Å²) in [6.07, 6.45) is 0.740. The highest BCUT2D eigenvalue weighted by Crippen LogP contribution is 2.19. The van der Waals surface area contributed by atoms with Gasteiger partial charge in [0.25, 0.3) is 0 Å². The lowest BCUT2D eigenvalue weighted by atomic mass is 10.1. The maximum atomic E-state index is 13.3. The first kappa shape index (κ1) is 27.6. The first-order valence-corrected chi connectivity index (χ1v) is 12.8. The van der Waals surface area contributed by atoms with Crippen LogP contribution in [0.1, 0.15) is 32.8 Å². The molecule has 0 bridgehead atoms. The number of halogens is 1. The van der Waals surface area contributed by atoms with E-state index in [2.05, 4.69) is 5.32 Å². The van der Waals surface area contributed by atoms with Gasteiger partial charge in [0.05, 0.1) is 18.6 Å². The van der Waals surface area contributed by atoms with Gasteiger partial charge in [-0.2, -0.15) is 4.31 Å². The van der Waals surface area contributed by atoms with Crippen molar-refractivity contribution in [1.82, 2.24) is 14.5 Å². The van der Waals surface area contributed by atoms with E-state index in [-0.39, 0.29) is 23.4 Å². The molecular formula is C24H32ClN3O5S. The minimum Gasteiger partial charge on any atom is -0.497 e. The lowest BCUT2D eigenvalue weighted by Crippen LogP contribution is -2.51. The molecule has 0 saturated heterocycles. The van der Waals surface area contributed by atoms with Crippen LogP contribution in [0.3, 0.4) is 0 Å². The lowest BCUT2D eigenvalue weighted by molar-refractivity contribution is -0.140. The molecule has 1 N–H and O–H groups in total. The topological polar surface area (TPSA) is 96.0 Å². The highest BCUT2D eigenvalue weighted by atomic mass is 35.5. The van der Waals surface area contributed by atoms with Crippen molar-refractivity contribution in [1.29, 1.82) is 0 Å². The van der Waals surface area contributed by atoms with Gasteiger partial charge in [-0.3, -0.25) is 9.59 Å². The second-order valence-electron chi connectivity index (χ2n) is 8.08. The molecule has 0 radical (unpaired) electrons. The molecule has 34 heavy (non-hydrogen) atoms. The Hall–Kier alpha value is -2.62. The van der Waals surface area contributed by atoms with Gasteiger partial charge in [-0.05, 0) is 62.2 Å². The van der Waals surface area contributed by atoms with Crippen molar-refractivity contribution in [3.8, 4) is 5.75 Å². The van der Waals surface area contributed by atoms with Crippen molar-refractivity contribution in [3.05, 3.63) is 59.1 Å². The van der Waals surface area contributed by atoms with Crippen LogP contribution in [-0.4, -0.2) is 62.2 Å². The van der Waals surface area contributed by atoms with Crippen molar-refractivity contribution in [2.45, 2.75) is 50.7 Å². The molecule has 10 heteroatoms. The molecule has 2 aromatic rings. The molecule has 2 amide bonds. The molecule has 8 nitrogen and oxygen atoms in total. The third-order valence-corrected chi connectivity index (χ3v) is 7.60. The Labute approximate surface area is 206 Å². The highest BCUT2D eigenvalue weighted by Gasteiger charge is 2.30. The fourth-order valence-corrected chi connectivity index (χ4v) is 4.41. The molecule has 0 aromatic heterocycles. The summed E-state index contributed by atoms with van der Waals surface area (Å²) in [5.74, 6) is -0.201. The predicted molar refractivity (Wildman–Crippen MR) is 132 cm³/mol. The molecule has 0 aliphatic heterocycles. The average Bonchev–Trinajstić information content (AvgIpc) is 2.82. The van der Waals surface area contributed by atoms with E-state index in [1.165, 1.54) is 36.2 Å². The number of hydrogen-bond acceptors (Lipinski definition) is 5. The fourth-order valence-electron chi connectivity index (χ4n) is 3.17. The Bertz CT molecular complexity index is 1090. The van der Waals surface area contributed by atoms with Crippen molar-refractivity contribution >= 4 is 33.4 Å². The smallest absolute Gasteiger partial charge is 0.243 e. The van der Waals surface area contributed by atoms with Gasteiger partial charge in [-0.15, -0.1) is 0 Å². The number of methoxy groups -OCH3 is 1. The Kier molecular flexibility index (Phi) is 9.90. The zero-order valence-electron chi connectivity index (χ0n) is 20.1. The number of carbonyl (C=O) groups is 2. The lowest BCUT2D eigenvalue weighted by Gasteiger charge is -2.31. The molecule has 0 saturated carbocycles. The van der Waals surface area contributed by atoms with Gasteiger partial charge in [-0.1, -0.05) is 30.7 Å². The van der Waals surface area contributed by atoms with Crippen molar-refractivity contribution in [2.75, 3.05) is 20.7 Å². The molecule has 2 atom stereocenters. The SMILES string of the molecule is CC[C@H](C)NC(=O)[C@H](C)N(Cc1cccc(OC)c1)C(=O)CN(C)S(=O)(=O)c1ccc(Cl)cc1. The van der Waals surface area contributed by atoms with Crippen LogP contribution in [0.15, 0.2) is 53.4 Å². The molecule has 0 aliphatic rings. The number of ether oxygens (including phenoxy) is 1. The minimum atomic E-state index is -3.93. The standard InChI is InChI=1S/C24H32ClN3O5S/c1-6-17(2)26-24(30)18(3)28(15-19-8-7-9-21(14-19)33-5)23(29)16-27(4)34(31,32)22-12-10-20(25)11-13-22/h7-14,17-18H,6,15-16H2,1-5H3,(H,26,30)/t17-,18-/m0/s1.